The molecule has 19 heavy (non-hydrogen) atoms. The highest BCUT2D eigenvalue weighted by atomic mass is 16.3. The molecule has 1 aromatic carbocycles. The lowest BCUT2D eigenvalue weighted by atomic mass is 9.95. The van der Waals surface area contributed by atoms with Gasteiger partial charge in [0.15, 0.2) is 11.5 Å². The summed E-state index contributed by atoms with van der Waals surface area (Å²) < 4.78 is 5.67. The number of carbonyl (C=O) groups excluding carboxylic acids is 1. The topological polar surface area (TPSA) is 55.1 Å². The van der Waals surface area contributed by atoms with Crippen molar-refractivity contribution in [2.45, 2.75) is 40.5 Å². The molecular weight excluding hydrogens is 240 g/mol. The molecule has 0 fully saturated rings. The number of fused-ring (bicyclic) bond motifs is 1. The fraction of sp³-hybridized carbons (Fsp3) is 0.467. The van der Waals surface area contributed by atoms with Crippen LogP contribution in [0.2, 0.25) is 0 Å². The maximum Gasteiger partial charge on any atom is 0.229 e. The molecule has 0 unspecified atom stereocenters. The van der Waals surface area contributed by atoms with E-state index < -0.39 is 5.41 Å². The van der Waals surface area contributed by atoms with Crippen molar-refractivity contribution in [3.05, 3.63) is 24.1 Å². The van der Waals surface area contributed by atoms with E-state index in [2.05, 4.69) is 10.3 Å². The lowest BCUT2D eigenvalue weighted by Gasteiger charge is -2.17. The van der Waals surface area contributed by atoms with Gasteiger partial charge < -0.3 is 9.73 Å². The number of benzene rings is 1. The van der Waals surface area contributed by atoms with Crippen LogP contribution in [-0.4, -0.2) is 10.9 Å². The van der Waals surface area contributed by atoms with Crippen LogP contribution in [-0.2, 0) is 4.79 Å². The van der Waals surface area contributed by atoms with Crippen molar-refractivity contribution < 1.29 is 9.21 Å². The highest BCUT2D eigenvalue weighted by Crippen LogP contribution is 2.25. The Labute approximate surface area is 113 Å². The molecular formula is C15H20N2O2. The third-order valence-electron chi connectivity index (χ3n) is 2.84. The molecule has 4 heteroatoms. The summed E-state index contributed by atoms with van der Waals surface area (Å²) >= 11 is 0. The zero-order valence-electron chi connectivity index (χ0n) is 12.1. The molecule has 2 aromatic rings. The molecule has 0 radical (unpaired) electrons. The summed E-state index contributed by atoms with van der Waals surface area (Å²) in [6.07, 6.45) is 0. The molecule has 0 saturated heterocycles. The Morgan fingerprint density at radius 2 is 2.00 bits per heavy atom. The summed E-state index contributed by atoms with van der Waals surface area (Å²) in [6, 6.07) is 5.53. The Balaban J connectivity index is 2.29. The summed E-state index contributed by atoms with van der Waals surface area (Å²) in [5.74, 6) is 0.949. The van der Waals surface area contributed by atoms with Crippen LogP contribution < -0.4 is 5.32 Å². The van der Waals surface area contributed by atoms with Crippen molar-refractivity contribution >= 4 is 22.7 Å². The standard InChI is InChI=1S/C15H20N2O2/c1-9(2)13-17-11-7-6-10(8-12(11)19-13)16-14(18)15(3,4)5/h6-9H,1-5H3,(H,16,18). The minimum Gasteiger partial charge on any atom is -0.440 e. The number of hydrogen-bond donors (Lipinski definition) is 1. The number of amides is 1. The molecule has 0 aliphatic carbocycles. The first-order valence-electron chi connectivity index (χ1n) is 6.49. The fourth-order valence-electron chi connectivity index (χ4n) is 1.59. The van der Waals surface area contributed by atoms with E-state index in [1.54, 1.807) is 0 Å². The van der Waals surface area contributed by atoms with Crippen LogP contribution in [0.1, 0.15) is 46.4 Å². The zero-order valence-corrected chi connectivity index (χ0v) is 12.1. The monoisotopic (exact) mass is 260 g/mol. The molecule has 0 bridgehead atoms. The number of carbonyl (C=O) groups is 1. The predicted molar refractivity (Wildman–Crippen MR) is 76.2 cm³/mol. The smallest absolute Gasteiger partial charge is 0.229 e. The Kier molecular flexibility index (Phi) is 3.35. The second-order valence-corrected chi connectivity index (χ2v) is 6.09. The van der Waals surface area contributed by atoms with E-state index in [0.29, 0.717) is 11.5 Å². The van der Waals surface area contributed by atoms with Crippen LogP contribution in [0.4, 0.5) is 5.69 Å². The Morgan fingerprint density at radius 1 is 1.32 bits per heavy atom. The van der Waals surface area contributed by atoms with Gasteiger partial charge in [-0.25, -0.2) is 4.98 Å². The second kappa shape index (κ2) is 4.68. The Bertz CT molecular complexity index is 606. The van der Waals surface area contributed by atoms with E-state index >= 15 is 0 Å². The lowest BCUT2D eigenvalue weighted by molar-refractivity contribution is -0.123. The van der Waals surface area contributed by atoms with Crippen LogP contribution in [0.3, 0.4) is 0 Å². The minimum absolute atomic E-state index is 0.0181. The van der Waals surface area contributed by atoms with E-state index in [-0.39, 0.29) is 11.8 Å². The third kappa shape index (κ3) is 2.95. The molecule has 0 aliphatic heterocycles. The summed E-state index contributed by atoms with van der Waals surface area (Å²) in [4.78, 5) is 16.3. The molecule has 102 valence electrons. The molecule has 0 aliphatic rings. The van der Waals surface area contributed by atoms with Crippen molar-refractivity contribution in [3.63, 3.8) is 0 Å². The maximum absolute atomic E-state index is 11.9. The van der Waals surface area contributed by atoms with Gasteiger partial charge in [-0.1, -0.05) is 34.6 Å². The van der Waals surface area contributed by atoms with Crippen molar-refractivity contribution in [1.82, 2.24) is 4.98 Å². The van der Waals surface area contributed by atoms with E-state index in [4.69, 9.17) is 4.42 Å². The average molecular weight is 260 g/mol. The summed E-state index contributed by atoms with van der Waals surface area (Å²) in [5, 5.41) is 2.89. The quantitative estimate of drug-likeness (QED) is 0.889. The van der Waals surface area contributed by atoms with Gasteiger partial charge >= 0.3 is 0 Å². The summed E-state index contributed by atoms with van der Waals surface area (Å²) in [7, 11) is 0. The van der Waals surface area contributed by atoms with Crippen molar-refractivity contribution in [1.29, 1.82) is 0 Å². The van der Waals surface area contributed by atoms with Gasteiger partial charge in [-0.2, -0.15) is 0 Å². The van der Waals surface area contributed by atoms with Gasteiger partial charge in [0.25, 0.3) is 0 Å². The number of anilines is 1. The normalized spacial score (nSPS) is 12.1. The highest BCUT2D eigenvalue weighted by molar-refractivity contribution is 5.95. The first kappa shape index (κ1) is 13.6. The molecule has 1 N–H and O–H groups in total. The molecule has 1 amide bonds. The third-order valence-corrected chi connectivity index (χ3v) is 2.84. The minimum atomic E-state index is -0.417. The molecule has 0 saturated carbocycles. The number of rotatable bonds is 2. The highest BCUT2D eigenvalue weighted by Gasteiger charge is 2.21. The van der Waals surface area contributed by atoms with Crippen molar-refractivity contribution in [2.24, 2.45) is 5.41 Å². The molecule has 1 heterocycles. The van der Waals surface area contributed by atoms with Crippen molar-refractivity contribution in [2.75, 3.05) is 5.32 Å². The van der Waals surface area contributed by atoms with Gasteiger partial charge in [0.05, 0.1) is 0 Å². The largest absolute Gasteiger partial charge is 0.440 e. The molecule has 2 rings (SSSR count). The van der Waals surface area contributed by atoms with Crippen LogP contribution in [0.5, 0.6) is 0 Å². The van der Waals surface area contributed by atoms with Gasteiger partial charge in [0.1, 0.15) is 5.52 Å². The number of nitrogens with zero attached hydrogens (tertiary/aromatic N) is 1. The van der Waals surface area contributed by atoms with Gasteiger partial charge in [0.2, 0.25) is 5.91 Å². The van der Waals surface area contributed by atoms with Crippen molar-refractivity contribution in [3.8, 4) is 0 Å². The van der Waals surface area contributed by atoms with Gasteiger partial charge in [-0.15, -0.1) is 0 Å². The first-order chi connectivity index (χ1) is 8.77. The second-order valence-electron chi connectivity index (χ2n) is 6.09. The zero-order chi connectivity index (χ0) is 14.2. The van der Waals surface area contributed by atoms with Gasteiger partial charge in [0, 0.05) is 23.1 Å². The van der Waals surface area contributed by atoms with Gasteiger partial charge in [-0.3, -0.25) is 4.79 Å². The first-order valence-corrected chi connectivity index (χ1v) is 6.49. The van der Waals surface area contributed by atoms with Crippen LogP contribution in [0, 0.1) is 5.41 Å². The lowest BCUT2D eigenvalue weighted by Crippen LogP contribution is -2.27. The number of nitrogens with one attached hydrogen (secondary N) is 1. The maximum atomic E-state index is 11.9. The Hall–Kier alpha value is -1.84. The number of hydrogen-bond acceptors (Lipinski definition) is 3. The van der Waals surface area contributed by atoms with E-state index in [1.807, 2.05) is 52.8 Å². The molecule has 0 spiro atoms. The van der Waals surface area contributed by atoms with Crippen LogP contribution in [0.25, 0.3) is 11.1 Å². The number of oxazole rings is 1. The fourth-order valence-corrected chi connectivity index (χ4v) is 1.59. The summed E-state index contributed by atoms with van der Waals surface area (Å²) in [6.45, 7) is 9.71. The molecule has 4 nitrogen and oxygen atoms in total. The molecule has 0 atom stereocenters. The molecule has 1 aromatic heterocycles. The van der Waals surface area contributed by atoms with Gasteiger partial charge in [-0.05, 0) is 12.1 Å². The van der Waals surface area contributed by atoms with E-state index in [9.17, 15) is 4.79 Å². The van der Waals surface area contributed by atoms with Crippen LogP contribution >= 0.6 is 0 Å². The van der Waals surface area contributed by atoms with E-state index in [0.717, 1.165) is 11.2 Å². The number of aromatic nitrogens is 1. The average Bonchev–Trinajstić information content (AvgIpc) is 2.70. The van der Waals surface area contributed by atoms with E-state index in [1.165, 1.54) is 0 Å². The van der Waals surface area contributed by atoms with Crippen LogP contribution in [0.15, 0.2) is 22.6 Å². The predicted octanol–water partition coefficient (Wildman–Crippen LogP) is 3.94. The summed E-state index contributed by atoms with van der Waals surface area (Å²) in [5.41, 5.74) is 1.84. The SMILES string of the molecule is CC(C)c1nc2ccc(NC(=O)C(C)(C)C)cc2o1. The Morgan fingerprint density at radius 3 is 2.58 bits per heavy atom.